The van der Waals surface area contributed by atoms with Crippen molar-refractivity contribution in [1.82, 2.24) is 14.9 Å². The quantitative estimate of drug-likeness (QED) is 0.220. The van der Waals surface area contributed by atoms with Crippen LogP contribution in [0.15, 0.2) is 77.4 Å². The third-order valence-electron chi connectivity index (χ3n) is 8.37. The number of nitrogens with one attached hydrogen (secondary N) is 1. The predicted octanol–water partition coefficient (Wildman–Crippen LogP) is 8.56. The summed E-state index contributed by atoms with van der Waals surface area (Å²) in [5, 5.41) is 5.03. The molecule has 0 amide bonds. The van der Waals surface area contributed by atoms with Gasteiger partial charge in [-0.2, -0.15) is 0 Å². The Morgan fingerprint density at radius 1 is 0.951 bits per heavy atom. The van der Waals surface area contributed by atoms with Gasteiger partial charge in [-0.3, -0.25) is 4.98 Å². The number of anilines is 2. The van der Waals surface area contributed by atoms with Crippen LogP contribution in [0.5, 0.6) is 0 Å². The lowest BCUT2D eigenvalue weighted by Crippen LogP contribution is -2.38. The third-order valence-corrected chi connectivity index (χ3v) is 9.48. The van der Waals surface area contributed by atoms with Crippen LogP contribution < -0.4 is 15.1 Å². The molecule has 5 nitrogen and oxygen atoms in total. The van der Waals surface area contributed by atoms with Gasteiger partial charge in [0.1, 0.15) is 0 Å². The number of hydrogen-bond acceptors (Lipinski definition) is 3. The van der Waals surface area contributed by atoms with Crippen molar-refractivity contribution in [2.45, 2.75) is 46.2 Å². The minimum absolute atomic E-state index is 0.110. The Hall–Kier alpha value is -2.87. The first-order chi connectivity index (χ1) is 19.7. The predicted molar refractivity (Wildman–Crippen MR) is 177 cm³/mol. The SMILES string of the molecule is Cc1cc([C@@H]2[C@@H](c3ccccn3)NC(=S)N2c2ccc(N3C[C@H](C)C[C@H](C)C3)c(Cl)c2)c(C)n1-c1cccc(Br)c1. The Bertz CT molecular complexity index is 1580. The molecule has 4 aromatic rings. The maximum absolute atomic E-state index is 7.03. The number of thiocarbonyl (C=S) groups is 1. The van der Waals surface area contributed by atoms with Crippen molar-refractivity contribution in [2.75, 3.05) is 22.9 Å². The Balaban J connectivity index is 1.44. The van der Waals surface area contributed by atoms with E-state index in [2.05, 4.69) is 118 Å². The molecular weight excluding hydrogens is 614 g/mol. The number of rotatable bonds is 5. The first kappa shape index (κ1) is 28.3. The van der Waals surface area contributed by atoms with Crippen LogP contribution in [0.3, 0.4) is 0 Å². The summed E-state index contributed by atoms with van der Waals surface area (Å²) < 4.78 is 3.36. The topological polar surface area (TPSA) is 36.3 Å². The van der Waals surface area contributed by atoms with Gasteiger partial charge >= 0.3 is 0 Å². The molecule has 2 aliphatic heterocycles. The summed E-state index contributed by atoms with van der Waals surface area (Å²) in [5.41, 5.74) is 7.67. The standard InChI is InChI=1S/C33H35BrClN5S/c1-20-14-21(2)19-38(18-20)30-12-11-26(17-28(30)35)40-32(31(37-33(40)41)29-10-5-6-13-36-29)27-15-22(3)39(23(27)4)25-9-7-8-24(34)16-25/h5-13,15-17,20-21,31-32H,14,18-19H2,1-4H3,(H,37,41)/t20-,21+,31-,32-/m1/s1. The molecule has 41 heavy (non-hydrogen) atoms. The van der Waals surface area contributed by atoms with Gasteiger partial charge in [-0.1, -0.05) is 53.5 Å². The van der Waals surface area contributed by atoms with Crippen LogP contribution in [0.1, 0.15) is 55.0 Å². The number of hydrogen-bond donors (Lipinski definition) is 1. The van der Waals surface area contributed by atoms with E-state index < -0.39 is 0 Å². The number of aromatic nitrogens is 2. The average Bonchev–Trinajstić information content (AvgIpc) is 3.43. The molecule has 0 bridgehead atoms. The summed E-state index contributed by atoms with van der Waals surface area (Å²) in [4.78, 5) is 9.40. The van der Waals surface area contributed by atoms with Crippen molar-refractivity contribution < 1.29 is 0 Å². The number of benzene rings is 2. The Morgan fingerprint density at radius 3 is 2.41 bits per heavy atom. The van der Waals surface area contributed by atoms with Crippen molar-refractivity contribution >= 4 is 56.2 Å². The lowest BCUT2D eigenvalue weighted by atomic mass is 9.91. The van der Waals surface area contributed by atoms with Gasteiger partial charge in [-0.05, 0) is 104 Å². The largest absolute Gasteiger partial charge is 0.370 e. The Morgan fingerprint density at radius 2 is 1.73 bits per heavy atom. The Labute approximate surface area is 261 Å². The van der Waals surface area contributed by atoms with Crippen LogP contribution in [0.25, 0.3) is 5.69 Å². The zero-order valence-electron chi connectivity index (χ0n) is 23.8. The van der Waals surface area contributed by atoms with E-state index >= 15 is 0 Å². The highest BCUT2D eigenvalue weighted by Gasteiger charge is 2.42. The van der Waals surface area contributed by atoms with E-state index in [1.54, 1.807) is 0 Å². The maximum Gasteiger partial charge on any atom is 0.174 e. The summed E-state index contributed by atoms with van der Waals surface area (Å²) in [6, 6.07) is 22.9. The number of piperidine rings is 1. The molecule has 1 N–H and O–H groups in total. The molecule has 0 radical (unpaired) electrons. The summed E-state index contributed by atoms with van der Waals surface area (Å²) >= 11 is 16.7. The summed E-state index contributed by atoms with van der Waals surface area (Å²) in [7, 11) is 0. The van der Waals surface area contributed by atoms with Crippen LogP contribution in [0, 0.1) is 25.7 Å². The van der Waals surface area contributed by atoms with Crippen LogP contribution >= 0.6 is 39.7 Å². The van der Waals surface area contributed by atoms with Crippen LogP contribution in [-0.4, -0.2) is 27.8 Å². The van der Waals surface area contributed by atoms with E-state index in [1.165, 1.54) is 17.7 Å². The van der Waals surface area contributed by atoms with Gasteiger partial charge in [-0.25, -0.2) is 0 Å². The zero-order valence-corrected chi connectivity index (χ0v) is 27.0. The molecule has 2 aromatic carbocycles. The molecule has 6 rings (SSSR count). The highest BCUT2D eigenvalue weighted by atomic mass is 79.9. The van der Waals surface area contributed by atoms with E-state index in [-0.39, 0.29) is 12.1 Å². The lowest BCUT2D eigenvalue weighted by molar-refractivity contribution is 0.357. The van der Waals surface area contributed by atoms with Gasteiger partial charge in [0.2, 0.25) is 0 Å². The fourth-order valence-corrected chi connectivity index (χ4v) is 7.84. The molecule has 0 aliphatic carbocycles. The molecule has 4 heterocycles. The van der Waals surface area contributed by atoms with Crippen molar-refractivity contribution in [3.05, 3.63) is 105 Å². The zero-order chi connectivity index (χ0) is 28.8. The highest BCUT2D eigenvalue weighted by Crippen LogP contribution is 2.45. The fraction of sp³-hybridized carbons (Fsp3) is 0.333. The van der Waals surface area contributed by atoms with Gasteiger partial charge < -0.3 is 19.7 Å². The minimum Gasteiger partial charge on any atom is -0.370 e. The van der Waals surface area contributed by atoms with E-state index in [4.69, 9.17) is 28.8 Å². The van der Waals surface area contributed by atoms with Gasteiger partial charge in [0.05, 0.1) is 28.5 Å². The summed E-state index contributed by atoms with van der Waals surface area (Å²) in [6.45, 7) is 11.0. The molecule has 8 heteroatoms. The molecule has 4 atom stereocenters. The van der Waals surface area contributed by atoms with Crippen molar-refractivity contribution in [3.63, 3.8) is 0 Å². The third kappa shape index (κ3) is 5.40. The van der Waals surface area contributed by atoms with Gasteiger partial charge in [0, 0.05) is 46.5 Å². The molecule has 2 aliphatic rings. The smallest absolute Gasteiger partial charge is 0.174 e. The highest BCUT2D eigenvalue weighted by molar-refractivity contribution is 9.10. The first-order valence-electron chi connectivity index (χ1n) is 14.2. The van der Waals surface area contributed by atoms with E-state index in [1.807, 2.05) is 18.3 Å². The van der Waals surface area contributed by atoms with Crippen LogP contribution in [0.4, 0.5) is 11.4 Å². The molecule has 2 fully saturated rings. The van der Waals surface area contributed by atoms with E-state index in [0.29, 0.717) is 16.9 Å². The van der Waals surface area contributed by atoms with Gasteiger partial charge in [0.15, 0.2) is 5.11 Å². The average molecular weight is 649 g/mol. The molecule has 0 saturated carbocycles. The van der Waals surface area contributed by atoms with Crippen molar-refractivity contribution in [1.29, 1.82) is 0 Å². The van der Waals surface area contributed by atoms with Crippen molar-refractivity contribution in [3.8, 4) is 5.69 Å². The second-order valence-electron chi connectivity index (χ2n) is 11.6. The van der Waals surface area contributed by atoms with E-state index in [9.17, 15) is 0 Å². The minimum atomic E-state index is -0.123. The number of pyridine rings is 1. The van der Waals surface area contributed by atoms with Gasteiger partial charge in [0.25, 0.3) is 0 Å². The normalized spacial score (nSPS) is 22.7. The lowest BCUT2D eigenvalue weighted by Gasteiger charge is -2.37. The number of nitrogens with zero attached hydrogens (tertiary/aromatic N) is 4. The summed E-state index contributed by atoms with van der Waals surface area (Å²) in [5.74, 6) is 1.29. The second kappa shape index (κ2) is 11.4. The summed E-state index contributed by atoms with van der Waals surface area (Å²) in [6.07, 6.45) is 3.10. The Kier molecular flexibility index (Phi) is 7.88. The molecule has 0 unspecified atom stereocenters. The molecule has 2 saturated heterocycles. The van der Waals surface area contributed by atoms with E-state index in [0.717, 1.165) is 51.0 Å². The van der Waals surface area contributed by atoms with Crippen LogP contribution in [0.2, 0.25) is 5.02 Å². The number of halogens is 2. The molecule has 212 valence electrons. The molecule has 0 spiro atoms. The van der Waals surface area contributed by atoms with Crippen molar-refractivity contribution in [2.24, 2.45) is 11.8 Å². The fourth-order valence-electron chi connectivity index (χ4n) is 6.81. The maximum atomic E-state index is 7.03. The second-order valence-corrected chi connectivity index (χ2v) is 13.3. The first-order valence-corrected chi connectivity index (χ1v) is 15.8. The molecular formula is C33H35BrClN5S. The van der Waals surface area contributed by atoms with Gasteiger partial charge in [-0.15, -0.1) is 0 Å². The van der Waals surface area contributed by atoms with Crippen LogP contribution in [-0.2, 0) is 0 Å². The monoisotopic (exact) mass is 647 g/mol. The number of aryl methyl sites for hydroxylation is 1. The molecule has 2 aromatic heterocycles.